The number of nitrogens with one attached hydrogen (secondary N) is 1. The second kappa shape index (κ2) is 6.48. The van der Waals surface area contributed by atoms with Crippen molar-refractivity contribution < 1.29 is 0 Å². The molecule has 1 aromatic heterocycles. The summed E-state index contributed by atoms with van der Waals surface area (Å²) in [6.45, 7) is 6.38. The molecule has 90 valence electrons. The number of anilines is 1. The van der Waals surface area contributed by atoms with Gasteiger partial charge in [0, 0.05) is 20.1 Å². The van der Waals surface area contributed by atoms with Gasteiger partial charge in [-0.2, -0.15) is 0 Å². The zero-order chi connectivity index (χ0) is 12.0. The molecule has 0 aliphatic rings. The molecular weight excluding hydrogens is 198 g/mol. The summed E-state index contributed by atoms with van der Waals surface area (Å²) in [5.41, 5.74) is 1.09. The van der Waals surface area contributed by atoms with E-state index in [1.54, 1.807) is 0 Å². The van der Waals surface area contributed by atoms with Crippen LogP contribution in [0.5, 0.6) is 0 Å². The van der Waals surface area contributed by atoms with Crippen LogP contribution in [0.2, 0.25) is 0 Å². The highest BCUT2D eigenvalue weighted by Crippen LogP contribution is 2.12. The van der Waals surface area contributed by atoms with Gasteiger partial charge in [0.25, 0.3) is 0 Å². The fourth-order valence-corrected chi connectivity index (χ4v) is 1.65. The molecular formula is C13H23N3. The third-order valence-electron chi connectivity index (χ3n) is 2.82. The van der Waals surface area contributed by atoms with Crippen molar-refractivity contribution in [3.05, 3.63) is 23.9 Å². The van der Waals surface area contributed by atoms with E-state index in [0.717, 1.165) is 24.6 Å². The molecule has 0 fully saturated rings. The quantitative estimate of drug-likeness (QED) is 0.799. The molecule has 1 rings (SSSR count). The highest BCUT2D eigenvalue weighted by Gasteiger charge is 2.06. The van der Waals surface area contributed by atoms with E-state index in [4.69, 9.17) is 0 Å². The van der Waals surface area contributed by atoms with Crippen LogP contribution in [-0.2, 0) is 6.54 Å². The number of rotatable bonds is 6. The van der Waals surface area contributed by atoms with Crippen molar-refractivity contribution in [1.82, 2.24) is 10.3 Å². The van der Waals surface area contributed by atoms with Crippen LogP contribution < -0.4 is 10.2 Å². The zero-order valence-electron chi connectivity index (χ0n) is 10.8. The van der Waals surface area contributed by atoms with Crippen LogP contribution in [0.4, 0.5) is 5.82 Å². The Morgan fingerprint density at radius 2 is 2.19 bits per heavy atom. The largest absolute Gasteiger partial charge is 0.359 e. The van der Waals surface area contributed by atoms with E-state index in [1.165, 1.54) is 6.42 Å². The molecule has 0 aliphatic carbocycles. The van der Waals surface area contributed by atoms with Crippen LogP contribution in [-0.4, -0.2) is 25.6 Å². The Kier molecular flexibility index (Phi) is 5.26. The Morgan fingerprint density at radius 3 is 2.81 bits per heavy atom. The summed E-state index contributed by atoms with van der Waals surface area (Å²) >= 11 is 0. The Morgan fingerprint density at radius 1 is 1.44 bits per heavy atom. The zero-order valence-corrected chi connectivity index (χ0v) is 10.8. The van der Waals surface area contributed by atoms with Gasteiger partial charge in [-0.1, -0.05) is 26.3 Å². The predicted octanol–water partition coefficient (Wildman–Crippen LogP) is 2.28. The summed E-state index contributed by atoms with van der Waals surface area (Å²) in [5, 5.41) is 3.12. The van der Waals surface area contributed by atoms with Crippen LogP contribution in [0.25, 0.3) is 0 Å². The minimum atomic E-state index is 0.708. The summed E-state index contributed by atoms with van der Waals surface area (Å²) in [4.78, 5) is 6.84. The molecule has 0 amide bonds. The average molecular weight is 221 g/mol. The van der Waals surface area contributed by atoms with Crippen molar-refractivity contribution >= 4 is 5.82 Å². The van der Waals surface area contributed by atoms with Gasteiger partial charge in [-0.05, 0) is 25.1 Å². The van der Waals surface area contributed by atoms with Gasteiger partial charge in [0.15, 0.2) is 0 Å². The molecule has 1 aromatic rings. The Balaban J connectivity index is 2.67. The van der Waals surface area contributed by atoms with E-state index < -0.39 is 0 Å². The van der Waals surface area contributed by atoms with Crippen molar-refractivity contribution in [2.75, 3.05) is 25.5 Å². The lowest BCUT2D eigenvalue weighted by molar-refractivity contribution is 0.557. The molecule has 0 saturated heterocycles. The van der Waals surface area contributed by atoms with Gasteiger partial charge in [0.1, 0.15) is 5.82 Å². The maximum Gasteiger partial charge on any atom is 0.128 e. The number of nitrogens with zero attached hydrogens (tertiary/aromatic N) is 2. The molecule has 1 heterocycles. The van der Waals surface area contributed by atoms with Crippen LogP contribution in [0.1, 0.15) is 26.0 Å². The minimum absolute atomic E-state index is 0.708. The molecule has 3 heteroatoms. The summed E-state index contributed by atoms with van der Waals surface area (Å²) in [6.07, 6.45) is 1.21. The highest BCUT2D eigenvalue weighted by atomic mass is 15.2. The Labute approximate surface area is 98.9 Å². The van der Waals surface area contributed by atoms with Gasteiger partial charge >= 0.3 is 0 Å². The Bertz CT molecular complexity index is 312. The first-order chi connectivity index (χ1) is 7.67. The molecule has 0 bridgehead atoms. The van der Waals surface area contributed by atoms with Crippen molar-refractivity contribution in [2.45, 2.75) is 26.8 Å². The lowest BCUT2D eigenvalue weighted by Crippen LogP contribution is -2.25. The van der Waals surface area contributed by atoms with Gasteiger partial charge in [-0.25, -0.2) is 4.98 Å². The van der Waals surface area contributed by atoms with Gasteiger partial charge in [-0.3, -0.25) is 0 Å². The first-order valence-corrected chi connectivity index (χ1v) is 5.99. The van der Waals surface area contributed by atoms with E-state index in [1.807, 2.05) is 7.05 Å². The lowest BCUT2D eigenvalue weighted by atomic mass is 10.1. The van der Waals surface area contributed by atoms with E-state index in [2.05, 4.69) is 54.3 Å². The molecule has 0 aliphatic heterocycles. The van der Waals surface area contributed by atoms with Gasteiger partial charge < -0.3 is 10.2 Å². The molecule has 0 spiro atoms. The molecule has 1 unspecified atom stereocenters. The Hall–Kier alpha value is -1.09. The van der Waals surface area contributed by atoms with E-state index in [9.17, 15) is 0 Å². The average Bonchev–Trinajstić information content (AvgIpc) is 2.29. The molecule has 0 aromatic carbocycles. The standard InChI is InChI=1S/C13H23N3/c1-5-11(2)10-16(4)13-8-6-7-12(15-13)9-14-3/h6-8,11,14H,5,9-10H2,1-4H3. The summed E-state index contributed by atoms with van der Waals surface area (Å²) < 4.78 is 0. The molecule has 1 atom stereocenters. The molecule has 3 nitrogen and oxygen atoms in total. The van der Waals surface area contributed by atoms with E-state index in [-0.39, 0.29) is 0 Å². The first-order valence-electron chi connectivity index (χ1n) is 5.99. The first kappa shape index (κ1) is 13.0. The highest BCUT2D eigenvalue weighted by molar-refractivity contribution is 5.38. The molecule has 0 radical (unpaired) electrons. The number of pyridine rings is 1. The van der Waals surface area contributed by atoms with Gasteiger partial charge in [0.2, 0.25) is 0 Å². The smallest absolute Gasteiger partial charge is 0.128 e. The molecule has 1 N–H and O–H groups in total. The van der Waals surface area contributed by atoms with Gasteiger partial charge in [-0.15, -0.1) is 0 Å². The third-order valence-corrected chi connectivity index (χ3v) is 2.82. The minimum Gasteiger partial charge on any atom is -0.359 e. The SMILES string of the molecule is CCC(C)CN(C)c1cccc(CNC)n1. The third kappa shape index (κ3) is 3.81. The van der Waals surface area contributed by atoms with Crippen LogP contribution >= 0.6 is 0 Å². The molecule has 0 saturated carbocycles. The fourth-order valence-electron chi connectivity index (χ4n) is 1.65. The maximum atomic E-state index is 4.61. The summed E-state index contributed by atoms with van der Waals surface area (Å²) in [5.74, 6) is 1.77. The van der Waals surface area contributed by atoms with Crippen LogP contribution in [0, 0.1) is 5.92 Å². The van der Waals surface area contributed by atoms with Crippen molar-refractivity contribution in [3.8, 4) is 0 Å². The van der Waals surface area contributed by atoms with Crippen LogP contribution in [0.3, 0.4) is 0 Å². The number of aromatic nitrogens is 1. The number of hydrogen-bond acceptors (Lipinski definition) is 3. The van der Waals surface area contributed by atoms with Crippen molar-refractivity contribution in [2.24, 2.45) is 5.92 Å². The topological polar surface area (TPSA) is 28.2 Å². The van der Waals surface area contributed by atoms with Crippen LogP contribution in [0.15, 0.2) is 18.2 Å². The summed E-state index contributed by atoms with van der Waals surface area (Å²) in [7, 11) is 4.05. The fraction of sp³-hybridized carbons (Fsp3) is 0.615. The lowest BCUT2D eigenvalue weighted by Gasteiger charge is -2.22. The number of hydrogen-bond donors (Lipinski definition) is 1. The van der Waals surface area contributed by atoms with Crippen molar-refractivity contribution in [3.63, 3.8) is 0 Å². The maximum absolute atomic E-state index is 4.61. The predicted molar refractivity (Wildman–Crippen MR) is 69.7 cm³/mol. The van der Waals surface area contributed by atoms with E-state index >= 15 is 0 Å². The second-order valence-electron chi connectivity index (χ2n) is 4.41. The normalized spacial score (nSPS) is 12.5. The monoisotopic (exact) mass is 221 g/mol. The van der Waals surface area contributed by atoms with Crippen molar-refractivity contribution in [1.29, 1.82) is 0 Å². The van der Waals surface area contributed by atoms with E-state index in [0.29, 0.717) is 5.92 Å². The van der Waals surface area contributed by atoms with Gasteiger partial charge in [0.05, 0.1) is 5.69 Å². The molecule has 16 heavy (non-hydrogen) atoms. The second-order valence-corrected chi connectivity index (χ2v) is 4.41. The summed E-state index contributed by atoms with van der Waals surface area (Å²) in [6, 6.07) is 6.20.